The van der Waals surface area contributed by atoms with Crippen molar-refractivity contribution in [2.75, 3.05) is 7.05 Å². The smallest absolute Gasteiger partial charge is 0 e. The van der Waals surface area contributed by atoms with Crippen LogP contribution in [-0.2, 0) is 0 Å². The highest BCUT2D eigenvalue weighted by Crippen LogP contribution is 2.43. The lowest BCUT2D eigenvalue weighted by Gasteiger charge is -1.86. The second-order valence-corrected chi connectivity index (χ2v) is 2.66. The van der Waals surface area contributed by atoms with Gasteiger partial charge in [-0.1, -0.05) is 13.8 Å². The second-order valence-electron chi connectivity index (χ2n) is 2.66. The maximum atomic E-state index is 4.50. The summed E-state index contributed by atoms with van der Waals surface area (Å²) < 4.78 is 0. The summed E-state index contributed by atoms with van der Waals surface area (Å²) in [6.07, 6.45) is 2.90. The number of hydrogen-bond acceptors (Lipinski definition) is 1. The molecule has 0 radical (unpaired) electrons. The molecule has 1 rings (SSSR count). The summed E-state index contributed by atoms with van der Waals surface area (Å²) in [7, 11) is 1.50. The van der Waals surface area contributed by atoms with E-state index in [9.17, 15) is 0 Å². The van der Waals surface area contributed by atoms with Gasteiger partial charge < -0.3 is 5.73 Å². The van der Waals surface area contributed by atoms with E-state index >= 15 is 0 Å². The highest BCUT2D eigenvalue weighted by atomic mass is 14.4. The van der Waals surface area contributed by atoms with Crippen LogP contribution in [0.15, 0.2) is 0 Å². The normalized spacial score (nSPS) is 22.3. The van der Waals surface area contributed by atoms with Gasteiger partial charge in [0.25, 0.3) is 0 Å². The minimum Gasteiger partial charge on any atom is -0.333 e. The monoisotopic (exact) mass is 103 g/mol. The summed E-state index contributed by atoms with van der Waals surface area (Å²) in [4.78, 5) is 0. The third-order valence-corrected chi connectivity index (χ3v) is 1.25. The Labute approximate surface area is 47.4 Å². The topological polar surface area (TPSA) is 26.0 Å². The molecule has 0 amide bonds. The summed E-state index contributed by atoms with van der Waals surface area (Å²) in [5, 5.41) is 0. The first-order valence-electron chi connectivity index (χ1n) is 2.78. The minimum absolute atomic E-state index is 0. The van der Waals surface area contributed by atoms with E-state index in [1.807, 2.05) is 0 Å². The fraction of sp³-hybridized carbons (Fsp3) is 1.00. The molecule has 0 heterocycles. The van der Waals surface area contributed by atoms with Gasteiger partial charge in [0.05, 0.1) is 0 Å². The summed E-state index contributed by atoms with van der Waals surface area (Å²) in [5.41, 5.74) is 5.25. The van der Waals surface area contributed by atoms with Gasteiger partial charge in [0, 0.05) is 1.43 Å². The van der Waals surface area contributed by atoms with Crippen LogP contribution in [0.4, 0.5) is 0 Å². The number of rotatable bonds is 0. The van der Waals surface area contributed by atoms with E-state index < -0.39 is 0 Å². The molecule has 1 aliphatic carbocycles. The Morgan fingerprint density at radius 3 is 1.43 bits per heavy atom. The summed E-state index contributed by atoms with van der Waals surface area (Å²) in [6.45, 7) is 4.60. The van der Waals surface area contributed by atoms with E-state index in [1.165, 1.54) is 19.9 Å². The second kappa shape index (κ2) is 2.31. The van der Waals surface area contributed by atoms with Crippen molar-refractivity contribution >= 4 is 0 Å². The lowest BCUT2D eigenvalue weighted by Crippen LogP contribution is -1.75. The van der Waals surface area contributed by atoms with Gasteiger partial charge in [-0.05, 0) is 25.3 Å². The maximum Gasteiger partial charge on any atom is 0 e. The van der Waals surface area contributed by atoms with E-state index in [2.05, 4.69) is 19.6 Å². The van der Waals surface area contributed by atoms with E-state index in [1.54, 1.807) is 0 Å². The average Bonchev–Trinajstić information content (AvgIpc) is 2.26. The summed E-state index contributed by atoms with van der Waals surface area (Å²) in [5.74, 6) is 0. The zero-order valence-corrected chi connectivity index (χ0v) is 5.49. The van der Waals surface area contributed by atoms with Crippen LogP contribution in [0.3, 0.4) is 0 Å². The van der Waals surface area contributed by atoms with Crippen LogP contribution in [-0.4, -0.2) is 7.05 Å². The standard InChI is InChI=1S/C5H10.CH5N.H2/c1-5(2)3-4-5;1-2;/h3-4H2,1-2H3;2H2,1H3;1H. The minimum atomic E-state index is 0. The molecule has 0 aliphatic heterocycles. The molecule has 1 aliphatic rings. The van der Waals surface area contributed by atoms with Crippen LogP contribution in [0, 0.1) is 5.41 Å². The van der Waals surface area contributed by atoms with Gasteiger partial charge in [-0.2, -0.15) is 0 Å². The molecular weight excluding hydrogens is 86.1 g/mol. The number of nitrogens with two attached hydrogens (primary N) is 1. The van der Waals surface area contributed by atoms with Gasteiger partial charge in [-0.25, -0.2) is 0 Å². The molecule has 0 aromatic carbocycles. The molecular formula is C6H17N. The Morgan fingerprint density at radius 1 is 1.29 bits per heavy atom. The Kier molecular flexibility index (Phi) is 2.30. The van der Waals surface area contributed by atoms with Crippen molar-refractivity contribution in [2.45, 2.75) is 26.7 Å². The maximum absolute atomic E-state index is 4.50. The molecule has 1 heteroatoms. The van der Waals surface area contributed by atoms with Crippen molar-refractivity contribution in [3.8, 4) is 0 Å². The first kappa shape index (κ1) is 6.96. The van der Waals surface area contributed by atoms with Crippen molar-refractivity contribution in [1.82, 2.24) is 0 Å². The van der Waals surface area contributed by atoms with Crippen molar-refractivity contribution in [1.29, 1.82) is 0 Å². The van der Waals surface area contributed by atoms with Gasteiger partial charge in [-0.15, -0.1) is 0 Å². The Bertz CT molecular complexity index is 46.5. The highest BCUT2D eigenvalue weighted by Gasteiger charge is 2.30. The highest BCUT2D eigenvalue weighted by molar-refractivity contribution is 4.82. The molecule has 46 valence electrons. The lowest BCUT2D eigenvalue weighted by molar-refractivity contribution is 0.653. The van der Waals surface area contributed by atoms with Crippen LogP contribution < -0.4 is 5.73 Å². The summed E-state index contributed by atoms with van der Waals surface area (Å²) >= 11 is 0. The Balaban J connectivity index is 0. The zero-order chi connectivity index (χ0) is 5.91. The molecule has 7 heavy (non-hydrogen) atoms. The fourth-order valence-corrected chi connectivity index (χ4v) is 0.250. The SMILES string of the molecule is CC1(C)CC1.CN.[HH]. The summed E-state index contributed by atoms with van der Waals surface area (Å²) in [6, 6.07) is 0. The van der Waals surface area contributed by atoms with Gasteiger partial charge >= 0.3 is 0 Å². The first-order valence-corrected chi connectivity index (χ1v) is 2.78. The van der Waals surface area contributed by atoms with E-state index in [-0.39, 0.29) is 1.43 Å². The van der Waals surface area contributed by atoms with Gasteiger partial charge in [0.1, 0.15) is 0 Å². The molecule has 0 unspecified atom stereocenters. The Hall–Kier alpha value is -0.0400. The Morgan fingerprint density at radius 2 is 1.43 bits per heavy atom. The van der Waals surface area contributed by atoms with Crippen LogP contribution in [0.25, 0.3) is 0 Å². The van der Waals surface area contributed by atoms with E-state index in [0.29, 0.717) is 0 Å². The molecule has 0 aromatic rings. The van der Waals surface area contributed by atoms with Crippen LogP contribution >= 0.6 is 0 Å². The van der Waals surface area contributed by atoms with Crippen LogP contribution in [0.1, 0.15) is 28.1 Å². The van der Waals surface area contributed by atoms with E-state index in [4.69, 9.17) is 0 Å². The van der Waals surface area contributed by atoms with Crippen LogP contribution in [0.5, 0.6) is 0 Å². The largest absolute Gasteiger partial charge is 0.333 e. The molecule has 2 N–H and O–H groups in total. The lowest BCUT2D eigenvalue weighted by atomic mass is 10.2. The van der Waals surface area contributed by atoms with E-state index in [0.717, 1.165) is 5.41 Å². The molecule has 1 nitrogen and oxygen atoms in total. The molecule has 1 saturated carbocycles. The predicted octanol–water partition coefficient (Wildman–Crippen LogP) is 1.63. The zero-order valence-electron chi connectivity index (χ0n) is 5.49. The van der Waals surface area contributed by atoms with Crippen molar-refractivity contribution in [3.05, 3.63) is 0 Å². The molecule has 0 atom stereocenters. The molecule has 1 fully saturated rings. The first-order chi connectivity index (χ1) is 3.21. The molecule has 0 aromatic heterocycles. The van der Waals surface area contributed by atoms with Gasteiger partial charge in [-0.3, -0.25) is 0 Å². The van der Waals surface area contributed by atoms with Crippen LogP contribution in [0.2, 0.25) is 0 Å². The van der Waals surface area contributed by atoms with Crippen molar-refractivity contribution in [3.63, 3.8) is 0 Å². The third-order valence-electron chi connectivity index (χ3n) is 1.25. The van der Waals surface area contributed by atoms with Crippen molar-refractivity contribution < 1.29 is 1.43 Å². The number of hydrogen-bond donors (Lipinski definition) is 1. The average molecular weight is 103 g/mol. The fourth-order valence-electron chi connectivity index (χ4n) is 0.250. The van der Waals surface area contributed by atoms with Gasteiger partial charge in [0.2, 0.25) is 0 Å². The quantitative estimate of drug-likeness (QED) is 0.495. The molecule has 0 bridgehead atoms. The molecule has 0 spiro atoms. The molecule has 0 saturated heterocycles. The predicted molar refractivity (Wildman–Crippen MR) is 35.2 cm³/mol. The van der Waals surface area contributed by atoms with Crippen molar-refractivity contribution in [2.24, 2.45) is 11.1 Å². The third kappa shape index (κ3) is 3.80. The van der Waals surface area contributed by atoms with Gasteiger partial charge in [0.15, 0.2) is 0 Å².